The van der Waals surface area contributed by atoms with Crippen LogP contribution in [0.5, 0.6) is 11.5 Å². The van der Waals surface area contributed by atoms with E-state index in [1.165, 1.54) is 6.07 Å². The van der Waals surface area contributed by atoms with E-state index >= 15 is 0 Å². The third-order valence-electron chi connectivity index (χ3n) is 3.26. The first-order valence-corrected chi connectivity index (χ1v) is 7.13. The van der Waals surface area contributed by atoms with E-state index in [1.807, 2.05) is 43.3 Å². The lowest BCUT2D eigenvalue weighted by Crippen LogP contribution is -2.01. The first kappa shape index (κ1) is 14.2. The summed E-state index contributed by atoms with van der Waals surface area (Å²) in [6.07, 6.45) is 0. The Morgan fingerprint density at radius 1 is 1.00 bits per heavy atom. The van der Waals surface area contributed by atoms with Crippen LogP contribution >= 0.6 is 0 Å². The molecule has 22 heavy (non-hydrogen) atoms. The van der Waals surface area contributed by atoms with Gasteiger partial charge in [-0.05, 0) is 31.2 Å². The summed E-state index contributed by atoms with van der Waals surface area (Å²) < 4.78 is 16.5. The van der Waals surface area contributed by atoms with E-state index in [2.05, 4.69) is 0 Å². The van der Waals surface area contributed by atoms with E-state index in [-0.39, 0.29) is 5.63 Å². The number of para-hydroxylation sites is 1. The summed E-state index contributed by atoms with van der Waals surface area (Å²) in [5.74, 6) is 1.46. The van der Waals surface area contributed by atoms with Gasteiger partial charge in [0.05, 0.1) is 6.61 Å². The standard InChI is InChI=1S/C18H16O4/c1-2-20-16-6-4-3-5-14(16)12-21-15-9-7-13-8-10-18(19)22-17(13)11-15/h3-11H,2,12H2,1H3. The summed E-state index contributed by atoms with van der Waals surface area (Å²) in [6, 6.07) is 16.3. The second-order valence-corrected chi connectivity index (χ2v) is 4.78. The molecule has 1 heterocycles. The van der Waals surface area contributed by atoms with Crippen LogP contribution < -0.4 is 15.1 Å². The van der Waals surface area contributed by atoms with Crippen molar-refractivity contribution in [3.05, 3.63) is 70.6 Å². The molecule has 0 bridgehead atoms. The first-order chi connectivity index (χ1) is 10.8. The number of rotatable bonds is 5. The highest BCUT2D eigenvalue weighted by Gasteiger charge is 2.05. The molecule has 0 aliphatic heterocycles. The normalized spacial score (nSPS) is 10.6. The van der Waals surface area contributed by atoms with Gasteiger partial charge in [0.2, 0.25) is 0 Å². The Morgan fingerprint density at radius 3 is 2.68 bits per heavy atom. The van der Waals surface area contributed by atoms with Crippen LogP contribution in [0.1, 0.15) is 12.5 Å². The SMILES string of the molecule is CCOc1ccccc1COc1ccc2ccc(=O)oc2c1. The van der Waals surface area contributed by atoms with Gasteiger partial charge in [0.15, 0.2) is 0 Å². The second kappa shape index (κ2) is 6.35. The van der Waals surface area contributed by atoms with Crippen molar-refractivity contribution in [3.8, 4) is 11.5 Å². The monoisotopic (exact) mass is 296 g/mol. The highest BCUT2D eigenvalue weighted by Crippen LogP contribution is 2.23. The van der Waals surface area contributed by atoms with Gasteiger partial charge >= 0.3 is 5.63 Å². The summed E-state index contributed by atoms with van der Waals surface area (Å²) >= 11 is 0. The lowest BCUT2D eigenvalue weighted by molar-refractivity contribution is 0.286. The minimum atomic E-state index is -0.369. The zero-order valence-corrected chi connectivity index (χ0v) is 12.2. The second-order valence-electron chi connectivity index (χ2n) is 4.78. The topological polar surface area (TPSA) is 48.7 Å². The lowest BCUT2D eigenvalue weighted by atomic mass is 10.2. The molecule has 0 spiro atoms. The Morgan fingerprint density at radius 2 is 1.82 bits per heavy atom. The molecule has 0 radical (unpaired) electrons. The molecule has 2 aromatic carbocycles. The number of hydrogen-bond acceptors (Lipinski definition) is 4. The largest absolute Gasteiger partial charge is 0.493 e. The van der Waals surface area contributed by atoms with Crippen LogP contribution in [-0.4, -0.2) is 6.61 Å². The average Bonchev–Trinajstić information content (AvgIpc) is 2.54. The van der Waals surface area contributed by atoms with E-state index < -0.39 is 0 Å². The average molecular weight is 296 g/mol. The maximum Gasteiger partial charge on any atom is 0.336 e. The Balaban J connectivity index is 1.80. The minimum absolute atomic E-state index is 0.369. The van der Waals surface area contributed by atoms with Crippen LogP contribution in [0.2, 0.25) is 0 Å². The molecule has 0 amide bonds. The maximum atomic E-state index is 11.3. The molecule has 1 aromatic heterocycles. The molecule has 3 rings (SSSR count). The number of fused-ring (bicyclic) bond motifs is 1. The van der Waals surface area contributed by atoms with Crippen LogP contribution in [0.15, 0.2) is 63.8 Å². The zero-order valence-electron chi connectivity index (χ0n) is 12.2. The smallest absolute Gasteiger partial charge is 0.336 e. The molecule has 3 aromatic rings. The minimum Gasteiger partial charge on any atom is -0.493 e. The molecule has 4 nitrogen and oxygen atoms in total. The molecular weight excluding hydrogens is 280 g/mol. The Kier molecular flexibility index (Phi) is 4.10. The molecule has 0 saturated carbocycles. The fourth-order valence-corrected chi connectivity index (χ4v) is 2.21. The van der Waals surface area contributed by atoms with Crippen LogP contribution in [0.4, 0.5) is 0 Å². The van der Waals surface area contributed by atoms with Gasteiger partial charge in [-0.25, -0.2) is 4.79 Å². The van der Waals surface area contributed by atoms with Crippen LogP contribution in [0.25, 0.3) is 11.0 Å². The number of hydrogen-bond donors (Lipinski definition) is 0. The third-order valence-corrected chi connectivity index (χ3v) is 3.26. The highest BCUT2D eigenvalue weighted by atomic mass is 16.5. The van der Waals surface area contributed by atoms with Crippen molar-refractivity contribution in [3.63, 3.8) is 0 Å². The quantitative estimate of drug-likeness (QED) is 0.672. The van der Waals surface area contributed by atoms with Crippen LogP contribution in [-0.2, 0) is 6.61 Å². The Bertz CT molecular complexity index is 836. The molecule has 112 valence electrons. The van der Waals surface area contributed by atoms with Gasteiger partial charge in [-0.1, -0.05) is 18.2 Å². The van der Waals surface area contributed by atoms with Crippen LogP contribution in [0.3, 0.4) is 0 Å². The van der Waals surface area contributed by atoms with Crippen LogP contribution in [0, 0.1) is 0 Å². The summed E-state index contributed by atoms with van der Waals surface area (Å²) in [5.41, 5.74) is 1.12. The van der Waals surface area contributed by atoms with E-state index in [0.29, 0.717) is 24.5 Å². The summed E-state index contributed by atoms with van der Waals surface area (Å²) in [5, 5.41) is 0.863. The first-order valence-electron chi connectivity index (χ1n) is 7.13. The molecule has 0 N–H and O–H groups in total. The third kappa shape index (κ3) is 3.11. The molecule has 0 saturated heterocycles. The summed E-state index contributed by atoms with van der Waals surface area (Å²) in [6.45, 7) is 2.94. The van der Waals surface area contributed by atoms with E-state index in [4.69, 9.17) is 13.9 Å². The van der Waals surface area contributed by atoms with Crippen molar-refractivity contribution >= 4 is 11.0 Å². The van der Waals surface area contributed by atoms with Gasteiger partial charge in [0.1, 0.15) is 23.7 Å². The van der Waals surface area contributed by atoms with Crippen molar-refractivity contribution < 1.29 is 13.9 Å². The van der Waals surface area contributed by atoms with Crippen molar-refractivity contribution in [2.75, 3.05) is 6.61 Å². The number of benzene rings is 2. The van der Waals surface area contributed by atoms with E-state index in [1.54, 1.807) is 12.1 Å². The van der Waals surface area contributed by atoms with Gasteiger partial charge < -0.3 is 13.9 Å². The molecule has 0 aliphatic carbocycles. The van der Waals surface area contributed by atoms with E-state index in [9.17, 15) is 4.79 Å². The molecular formula is C18H16O4. The fraction of sp³-hybridized carbons (Fsp3) is 0.167. The Hall–Kier alpha value is -2.75. The molecule has 0 fully saturated rings. The number of ether oxygens (including phenoxy) is 2. The highest BCUT2D eigenvalue weighted by molar-refractivity contribution is 5.77. The van der Waals surface area contributed by atoms with Gasteiger partial charge in [-0.3, -0.25) is 0 Å². The van der Waals surface area contributed by atoms with Crippen molar-refractivity contribution in [2.24, 2.45) is 0 Å². The fourth-order valence-electron chi connectivity index (χ4n) is 2.21. The maximum absolute atomic E-state index is 11.3. The van der Waals surface area contributed by atoms with E-state index in [0.717, 1.165) is 16.7 Å². The van der Waals surface area contributed by atoms with Crippen molar-refractivity contribution in [2.45, 2.75) is 13.5 Å². The summed E-state index contributed by atoms with van der Waals surface area (Å²) in [4.78, 5) is 11.3. The Labute approximate surface area is 127 Å². The molecule has 4 heteroatoms. The molecule has 0 unspecified atom stereocenters. The predicted octanol–water partition coefficient (Wildman–Crippen LogP) is 3.77. The lowest BCUT2D eigenvalue weighted by Gasteiger charge is -2.11. The van der Waals surface area contributed by atoms with Crippen molar-refractivity contribution in [1.82, 2.24) is 0 Å². The summed E-state index contributed by atoms with van der Waals surface area (Å²) in [7, 11) is 0. The van der Waals surface area contributed by atoms with Gasteiger partial charge in [-0.15, -0.1) is 0 Å². The van der Waals surface area contributed by atoms with Gasteiger partial charge in [-0.2, -0.15) is 0 Å². The molecule has 0 aliphatic rings. The van der Waals surface area contributed by atoms with Gasteiger partial charge in [0, 0.05) is 23.1 Å². The predicted molar refractivity (Wildman–Crippen MR) is 84.4 cm³/mol. The molecule has 0 atom stereocenters. The zero-order chi connectivity index (χ0) is 15.4. The van der Waals surface area contributed by atoms with Gasteiger partial charge in [0.25, 0.3) is 0 Å². The van der Waals surface area contributed by atoms with Crippen molar-refractivity contribution in [1.29, 1.82) is 0 Å².